The number of nitrogens with one attached hydrogen (secondary N) is 2. The predicted octanol–water partition coefficient (Wildman–Crippen LogP) is 4.33. The van der Waals surface area contributed by atoms with E-state index in [-0.39, 0.29) is 18.4 Å². The molecule has 2 heterocycles. The number of amides is 2. The number of anilines is 4. The van der Waals surface area contributed by atoms with E-state index in [0.29, 0.717) is 24.7 Å². The SMILES string of the molecule is C=CC(=O)Nc1cccc(-c2cccc3cnc(Nc4ccc(N5CCN(C(C)=O)CC5)cc4CO)nc23)c1. The molecular weight excluding hydrogens is 492 g/mol. The monoisotopic (exact) mass is 522 g/mol. The molecule has 5 rings (SSSR count). The number of nitrogens with zero attached hydrogens (tertiary/aromatic N) is 4. The third kappa shape index (κ3) is 5.73. The Kier molecular flexibility index (Phi) is 7.51. The number of carbonyl (C=O) groups is 2. The van der Waals surface area contributed by atoms with Crippen molar-refractivity contribution in [2.75, 3.05) is 41.7 Å². The molecule has 0 radical (unpaired) electrons. The summed E-state index contributed by atoms with van der Waals surface area (Å²) >= 11 is 0. The molecule has 4 aromatic rings. The van der Waals surface area contributed by atoms with E-state index < -0.39 is 0 Å². The van der Waals surface area contributed by atoms with Crippen LogP contribution >= 0.6 is 0 Å². The van der Waals surface area contributed by atoms with Crippen LogP contribution in [0.3, 0.4) is 0 Å². The fraction of sp³-hybridized carbons (Fsp3) is 0.200. The predicted molar refractivity (Wildman–Crippen MR) is 154 cm³/mol. The molecule has 3 aromatic carbocycles. The molecule has 1 saturated heterocycles. The Morgan fingerprint density at radius 1 is 1.05 bits per heavy atom. The molecule has 0 atom stereocenters. The number of carbonyl (C=O) groups excluding carboxylic acids is 2. The number of hydrogen-bond acceptors (Lipinski definition) is 7. The summed E-state index contributed by atoms with van der Waals surface area (Å²) in [6, 6.07) is 19.3. The number of aromatic nitrogens is 2. The minimum atomic E-state index is -0.275. The first kappa shape index (κ1) is 25.9. The number of hydrogen-bond donors (Lipinski definition) is 3. The maximum atomic E-state index is 11.8. The number of benzene rings is 3. The molecular formula is C30H30N6O3. The summed E-state index contributed by atoms with van der Waals surface area (Å²) in [6.45, 7) is 7.80. The quantitative estimate of drug-likeness (QED) is 0.310. The summed E-state index contributed by atoms with van der Waals surface area (Å²) in [5, 5.41) is 17.1. The highest BCUT2D eigenvalue weighted by Crippen LogP contribution is 2.31. The Morgan fingerprint density at radius 3 is 2.59 bits per heavy atom. The molecule has 9 heteroatoms. The molecule has 0 unspecified atom stereocenters. The molecule has 1 aromatic heterocycles. The topological polar surface area (TPSA) is 111 Å². The van der Waals surface area contributed by atoms with Gasteiger partial charge in [-0.15, -0.1) is 0 Å². The number of para-hydroxylation sites is 1. The van der Waals surface area contributed by atoms with Crippen LogP contribution in [0.1, 0.15) is 12.5 Å². The van der Waals surface area contributed by atoms with E-state index in [1.807, 2.05) is 65.6 Å². The number of fused-ring (bicyclic) bond motifs is 1. The Labute approximate surface area is 226 Å². The fourth-order valence-corrected chi connectivity index (χ4v) is 4.74. The van der Waals surface area contributed by atoms with Crippen molar-refractivity contribution in [1.29, 1.82) is 0 Å². The van der Waals surface area contributed by atoms with Gasteiger partial charge in [0.05, 0.1) is 12.1 Å². The molecule has 0 saturated carbocycles. The van der Waals surface area contributed by atoms with E-state index in [9.17, 15) is 14.7 Å². The average Bonchev–Trinajstić information content (AvgIpc) is 2.97. The zero-order valence-electron chi connectivity index (χ0n) is 21.7. The summed E-state index contributed by atoms with van der Waals surface area (Å²) in [5.74, 6) is 0.224. The molecule has 9 nitrogen and oxygen atoms in total. The summed E-state index contributed by atoms with van der Waals surface area (Å²) in [7, 11) is 0. The van der Waals surface area contributed by atoms with E-state index in [2.05, 4.69) is 27.1 Å². The number of aliphatic hydroxyl groups is 1. The Morgan fingerprint density at radius 2 is 1.85 bits per heavy atom. The highest BCUT2D eigenvalue weighted by atomic mass is 16.3. The maximum absolute atomic E-state index is 11.8. The van der Waals surface area contributed by atoms with Gasteiger partial charge in [-0.05, 0) is 42.0 Å². The van der Waals surface area contributed by atoms with Crippen LogP contribution in [0.2, 0.25) is 0 Å². The maximum Gasteiger partial charge on any atom is 0.247 e. The lowest BCUT2D eigenvalue weighted by Gasteiger charge is -2.36. The molecule has 0 bridgehead atoms. The van der Waals surface area contributed by atoms with Gasteiger partial charge in [0.1, 0.15) is 0 Å². The minimum Gasteiger partial charge on any atom is -0.392 e. The number of aliphatic hydroxyl groups excluding tert-OH is 1. The summed E-state index contributed by atoms with van der Waals surface area (Å²) < 4.78 is 0. The molecule has 198 valence electrons. The summed E-state index contributed by atoms with van der Waals surface area (Å²) in [6.07, 6.45) is 3.00. The molecule has 1 aliphatic heterocycles. The zero-order chi connectivity index (χ0) is 27.4. The zero-order valence-corrected chi connectivity index (χ0v) is 21.7. The van der Waals surface area contributed by atoms with Gasteiger partial charge in [0.2, 0.25) is 17.8 Å². The number of rotatable bonds is 7. The Balaban J connectivity index is 1.41. The highest BCUT2D eigenvalue weighted by molar-refractivity contribution is 6.00. The van der Waals surface area contributed by atoms with Crippen molar-refractivity contribution in [3.63, 3.8) is 0 Å². The molecule has 3 N–H and O–H groups in total. The lowest BCUT2D eigenvalue weighted by Crippen LogP contribution is -2.48. The Hall–Kier alpha value is -4.76. The van der Waals surface area contributed by atoms with Crippen molar-refractivity contribution in [2.45, 2.75) is 13.5 Å². The second-order valence-electron chi connectivity index (χ2n) is 9.33. The van der Waals surface area contributed by atoms with Crippen molar-refractivity contribution >= 4 is 45.7 Å². The standard InChI is InChI=1S/C30H30N6O3/c1-3-28(39)32-24-8-4-6-21(16-24)26-9-5-7-22-18-31-30(34-29(22)26)33-27-11-10-25(17-23(27)19-37)36-14-12-35(13-15-36)20(2)38/h3-11,16-18,37H,1,12-15,19H2,2H3,(H,32,39)(H,31,33,34). The van der Waals surface area contributed by atoms with Gasteiger partial charge in [0.15, 0.2) is 0 Å². The van der Waals surface area contributed by atoms with Crippen LogP contribution < -0.4 is 15.5 Å². The second-order valence-corrected chi connectivity index (χ2v) is 9.33. The third-order valence-corrected chi connectivity index (χ3v) is 6.83. The van der Waals surface area contributed by atoms with Crippen molar-refractivity contribution in [3.05, 3.63) is 85.1 Å². The van der Waals surface area contributed by atoms with Gasteiger partial charge < -0.3 is 25.5 Å². The van der Waals surface area contributed by atoms with E-state index in [1.54, 1.807) is 13.1 Å². The van der Waals surface area contributed by atoms with Gasteiger partial charge in [0.25, 0.3) is 0 Å². The molecule has 2 amide bonds. The second kappa shape index (κ2) is 11.3. The van der Waals surface area contributed by atoms with Crippen LogP contribution in [0.25, 0.3) is 22.0 Å². The van der Waals surface area contributed by atoms with E-state index >= 15 is 0 Å². The van der Waals surface area contributed by atoms with Crippen molar-refractivity contribution in [1.82, 2.24) is 14.9 Å². The van der Waals surface area contributed by atoms with Crippen LogP contribution in [0, 0.1) is 0 Å². The van der Waals surface area contributed by atoms with Gasteiger partial charge in [-0.3, -0.25) is 9.59 Å². The molecule has 1 aliphatic rings. The van der Waals surface area contributed by atoms with E-state index in [4.69, 9.17) is 4.98 Å². The van der Waals surface area contributed by atoms with Gasteiger partial charge in [-0.1, -0.05) is 36.9 Å². The summed E-state index contributed by atoms with van der Waals surface area (Å²) in [5.41, 5.74) is 5.66. The van der Waals surface area contributed by atoms with Crippen LogP contribution in [0.4, 0.5) is 23.0 Å². The van der Waals surface area contributed by atoms with Crippen LogP contribution in [0.15, 0.2) is 79.5 Å². The van der Waals surface area contributed by atoms with Gasteiger partial charge in [-0.25, -0.2) is 9.97 Å². The van der Waals surface area contributed by atoms with Crippen LogP contribution in [0.5, 0.6) is 0 Å². The van der Waals surface area contributed by atoms with Crippen molar-refractivity contribution in [3.8, 4) is 11.1 Å². The number of piperazine rings is 1. The lowest BCUT2D eigenvalue weighted by atomic mass is 10.0. The fourth-order valence-electron chi connectivity index (χ4n) is 4.74. The lowest BCUT2D eigenvalue weighted by molar-refractivity contribution is -0.129. The van der Waals surface area contributed by atoms with Gasteiger partial charge >= 0.3 is 0 Å². The van der Waals surface area contributed by atoms with Gasteiger partial charge in [-0.2, -0.15) is 0 Å². The first-order valence-corrected chi connectivity index (χ1v) is 12.8. The molecule has 39 heavy (non-hydrogen) atoms. The first-order valence-electron chi connectivity index (χ1n) is 12.8. The highest BCUT2D eigenvalue weighted by Gasteiger charge is 2.19. The largest absolute Gasteiger partial charge is 0.392 e. The normalized spacial score (nSPS) is 13.3. The molecule has 1 fully saturated rings. The smallest absolute Gasteiger partial charge is 0.247 e. The first-order chi connectivity index (χ1) is 18.9. The van der Waals surface area contributed by atoms with E-state index in [0.717, 1.165) is 52.1 Å². The average molecular weight is 523 g/mol. The van der Waals surface area contributed by atoms with Crippen LogP contribution in [-0.4, -0.2) is 58.0 Å². The minimum absolute atomic E-state index is 0.0935. The third-order valence-electron chi connectivity index (χ3n) is 6.83. The van der Waals surface area contributed by atoms with Crippen molar-refractivity contribution < 1.29 is 14.7 Å². The molecule has 0 spiro atoms. The van der Waals surface area contributed by atoms with Crippen molar-refractivity contribution in [2.24, 2.45) is 0 Å². The van der Waals surface area contributed by atoms with Gasteiger partial charge in [0, 0.05) is 72.9 Å². The van der Waals surface area contributed by atoms with E-state index in [1.165, 1.54) is 6.08 Å². The summed E-state index contributed by atoms with van der Waals surface area (Å²) in [4.78, 5) is 36.8. The van der Waals surface area contributed by atoms with Crippen LogP contribution in [-0.2, 0) is 16.2 Å². The molecule has 0 aliphatic carbocycles. The Bertz CT molecular complexity index is 1550.